The molecular weight excluding hydrogens is 293 g/mol. The zero-order valence-corrected chi connectivity index (χ0v) is 11.2. The summed E-state index contributed by atoms with van der Waals surface area (Å²) >= 11 is 1.95. The van der Waals surface area contributed by atoms with E-state index < -0.39 is 0 Å². The predicted molar refractivity (Wildman–Crippen MR) is 65.3 cm³/mol. The number of nitrogens with zero attached hydrogens (tertiary/aromatic N) is 1. The lowest BCUT2D eigenvalue weighted by molar-refractivity contribution is 0.0787. The van der Waals surface area contributed by atoms with Crippen molar-refractivity contribution in [3.63, 3.8) is 0 Å². The highest BCUT2D eigenvalue weighted by atomic mass is 127. The summed E-state index contributed by atoms with van der Waals surface area (Å²) in [5.41, 5.74) is -0.257. The van der Waals surface area contributed by atoms with Gasteiger partial charge in [0.05, 0.1) is 13.2 Å². The minimum Gasteiger partial charge on any atom is -0.450 e. The molecule has 3 nitrogen and oxygen atoms in total. The highest BCUT2D eigenvalue weighted by Crippen LogP contribution is 2.13. The first-order valence-corrected chi connectivity index (χ1v) is 5.54. The summed E-state index contributed by atoms with van der Waals surface area (Å²) in [6, 6.07) is 0. The van der Waals surface area contributed by atoms with Crippen LogP contribution in [0.25, 0.3) is 0 Å². The van der Waals surface area contributed by atoms with Gasteiger partial charge in [-0.1, -0.05) is 5.92 Å². The molecule has 0 atom stereocenters. The van der Waals surface area contributed by atoms with Crippen molar-refractivity contribution >= 4 is 28.7 Å². The summed E-state index contributed by atoms with van der Waals surface area (Å²) in [6.07, 6.45) is -0.306. The van der Waals surface area contributed by atoms with Crippen molar-refractivity contribution in [2.75, 3.05) is 13.2 Å². The summed E-state index contributed by atoms with van der Waals surface area (Å²) in [7, 11) is 0. The van der Waals surface area contributed by atoms with E-state index in [2.05, 4.69) is 9.85 Å². The van der Waals surface area contributed by atoms with Crippen molar-refractivity contribution in [2.24, 2.45) is 0 Å². The Morgan fingerprint density at radius 2 is 2.07 bits per heavy atom. The predicted octanol–water partition coefficient (Wildman–Crippen LogP) is 2.64. The molecule has 80 valence electrons. The van der Waals surface area contributed by atoms with Crippen molar-refractivity contribution in [3.05, 3.63) is 0 Å². The number of carbonyl (C=O) groups is 1. The average molecular weight is 309 g/mol. The quantitative estimate of drug-likeness (QED) is 0.580. The maximum absolute atomic E-state index is 11.5. The van der Waals surface area contributed by atoms with Gasteiger partial charge < -0.3 is 4.74 Å². The number of hydrogen-bond acceptors (Lipinski definition) is 2. The standard InChI is InChI=1S/C10H16INO2/c1-5-14-9(13)12(8-6-7-11)10(2,3)4/h5,8H2,1-4H3. The van der Waals surface area contributed by atoms with Crippen molar-refractivity contribution in [3.8, 4) is 9.85 Å². The van der Waals surface area contributed by atoms with E-state index in [1.807, 2.05) is 43.4 Å². The lowest BCUT2D eigenvalue weighted by atomic mass is 10.1. The Balaban J connectivity index is 4.52. The van der Waals surface area contributed by atoms with Crippen LogP contribution in [0, 0.1) is 9.85 Å². The summed E-state index contributed by atoms with van der Waals surface area (Å²) < 4.78 is 7.68. The second-order valence-electron chi connectivity index (χ2n) is 3.73. The van der Waals surface area contributed by atoms with Gasteiger partial charge in [-0.25, -0.2) is 4.79 Å². The van der Waals surface area contributed by atoms with Crippen molar-refractivity contribution in [1.82, 2.24) is 4.90 Å². The topological polar surface area (TPSA) is 29.5 Å². The van der Waals surface area contributed by atoms with E-state index in [-0.39, 0.29) is 11.6 Å². The van der Waals surface area contributed by atoms with Crippen LogP contribution >= 0.6 is 22.6 Å². The van der Waals surface area contributed by atoms with Crippen LogP contribution in [0.15, 0.2) is 0 Å². The third kappa shape index (κ3) is 4.70. The third-order valence-electron chi connectivity index (χ3n) is 1.60. The first kappa shape index (κ1) is 13.6. The Bertz CT molecular complexity index is 247. The fraction of sp³-hybridized carbons (Fsp3) is 0.700. The molecule has 0 aliphatic rings. The zero-order valence-electron chi connectivity index (χ0n) is 9.06. The van der Waals surface area contributed by atoms with Gasteiger partial charge in [0.2, 0.25) is 0 Å². The van der Waals surface area contributed by atoms with E-state index in [4.69, 9.17) is 4.74 Å². The molecule has 0 N–H and O–H groups in total. The molecule has 0 spiro atoms. The molecular formula is C10H16INO2. The molecule has 0 aliphatic carbocycles. The maximum atomic E-state index is 11.5. The Kier molecular flexibility index (Phi) is 5.93. The molecule has 0 unspecified atom stereocenters. The van der Waals surface area contributed by atoms with Crippen LogP contribution in [0.2, 0.25) is 0 Å². The minimum atomic E-state index is -0.306. The van der Waals surface area contributed by atoms with E-state index in [1.165, 1.54) is 0 Å². The normalized spacial score (nSPS) is 10.1. The molecule has 4 heteroatoms. The van der Waals surface area contributed by atoms with Crippen LogP contribution < -0.4 is 0 Å². The lowest BCUT2D eigenvalue weighted by Crippen LogP contribution is -2.46. The van der Waals surface area contributed by atoms with Gasteiger partial charge in [0.15, 0.2) is 0 Å². The first-order chi connectivity index (χ1) is 6.43. The maximum Gasteiger partial charge on any atom is 0.410 e. The van der Waals surface area contributed by atoms with E-state index >= 15 is 0 Å². The van der Waals surface area contributed by atoms with Crippen LogP contribution in [0.1, 0.15) is 27.7 Å². The lowest BCUT2D eigenvalue weighted by Gasteiger charge is -2.32. The molecule has 0 aromatic rings. The third-order valence-corrected chi connectivity index (χ3v) is 1.98. The molecule has 14 heavy (non-hydrogen) atoms. The van der Waals surface area contributed by atoms with E-state index in [9.17, 15) is 4.79 Å². The molecule has 0 saturated heterocycles. The van der Waals surface area contributed by atoms with Gasteiger partial charge in [0.1, 0.15) is 0 Å². The SMILES string of the molecule is CCOC(=O)N(CC#CI)C(C)(C)C. The van der Waals surface area contributed by atoms with Crippen LogP contribution in [0.3, 0.4) is 0 Å². The highest BCUT2D eigenvalue weighted by Gasteiger charge is 2.26. The van der Waals surface area contributed by atoms with Gasteiger partial charge in [-0.15, -0.1) is 0 Å². The summed E-state index contributed by atoms with van der Waals surface area (Å²) in [4.78, 5) is 13.1. The van der Waals surface area contributed by atoms with Crippen molar-refractivity contribution in [1.29, 1.82) is 0 Å². The zero-order chi connectivity index (χ0) is 11.2. The number of hydrogen-bond donors (Lipinski definition) is 0. The molecule has 0 aromatic carbocycles. The molecule has 0 rings (SSSR count). The fourth-order valence-electron chi connectivity index (χ4n) is 0.886. The van der Waals surface area contributed by atoms with Crippen LogP contribution in [-0.4, -0.2) is 29.7 Å². The largest absolute Gasteiger partial charge is 0.450 e. The van der Waals surface area contributed by atoms with Crippen molar-refractivity contribution < 1.29 is 9.53 Å². The molecule has 0 saturated carbocycles. The fourth-order valence-corrected chi connectivity index (χ4v) is 1.06. The molecule has 0 fully saturated rings. The molecule has 0 bridgehead atoms. The smallest absolute Gasteiger partial charge is 0.410 e. The Morgan fingerprint density at radius 3 is 2.43 bits per heavy atom. The number of carbonyl (C=O) groups excluding carboxylic acids is 1. The Hall–Kier alpha value is -0.440. The van der Waals surface area contributed by atoms with Crippen LogP contribution in [0.5, 0.6) is 0 Å². The molecule has 1 amide bonds. The second kappa shape index (κ2) is 6.12. The molecule has 0 aliphatic heterocycles. The number of rotatable bonds is 2. The monoisotopic (exact) mass is 309 g/mol. The number of amides is 1. The van der Waals surface area contributed by atoms with E-state index in [1.54, 1.807) is 11.8 Å². The van der Waals surface area contributed by atoms with Gasteiger partial charge in [0.25, 0.3) is 0 Å². The van der Waals surface area contributed by atoms with E-state index in [0.717, 1.165) is 0 Å². The van der Waals surface area contributed by atoms with Gasteiger partial charge in [0, 0.05) is 28.1 Å². The number of halogens is 1. The Labute approximate surface area is 99.3 Å². The van der Waals surface area contributed by atoms with Crippen molar-refractivity contribution in [2.45, 2.75) is 33.2 Å². The van der Waals surface area contributed by atoms with Crippen LogP contribution in [0.4, 0.5) is 4.79 Å². The van der Waals surface area contributed by atoms with Gasteiger partial charge in [-0.2, -0.15) is 0 Å². The van der Waals surface area contributed by atoms with Gasteiger partial charge in [-0.05, 0) is 31.6 Å². The Morgan fingerprint density at radius 1 is 1.50 bits per heavy atom. The molecule has 0 radical (unpaired) electrons. The molecule has 0 heterocycles. The van der Waals surface area contributed by atoms with Gasteiger partial charge in [-0.3, -0.25) is 4.90 Å². The van der Waals surface area contributed by atoms with Crippen LogP contribution in [-0.2, 0) is 4.74 Å². The summed E-state index contributed by atoms with van der Waals surface area (Å²) in [5, 5.41) is 0. The first-order valence-electron chi connectivity index (χ1n) is 4.46. The summed E-state index contributed by atoms with van der Waals surface area (Å²) in [6.45, 7) is 8.47. The average Bonchev–Trinajstić information content (AvgIpc) is 2.03. The minimum absolute atomic E-state index is 0.257. The highest BCUT2D eigenvalue weighted by molar-refractivity contribution is 14.1. The molecule has 0 aromatic heterocycles. The van der Waals surface area contributed by atoms with Gasteiger partial charge >= 0.3 is 6.09 Å². The second-order valence-corrected chi connectivity index (χ2v) is 4.27. The van der Waals surface area contributed by atoms with E-state index in [0.29, 0.717) is 13.2 Å². The number of ether oxygens (including phenoxy) is 1. The summed E-state index contributed by atoms with van der Waals surface area (Å²) in [5.74, 6) is 2.86.